The third-order valence-corrected chi connectivity index (χ3v) is 4.50. The second-order valence-corrected chi connectivity index (χ2v) is 6.22. The van der Waals surface area contributed by atoms with Gasteiger partial charge in [0.1, 0.15) is 5.01 Å². The van der Waals surface area contributed by atoms with Gasteiger partial charge in [0.05, 0.1) is 20.9 Å². The molecule has 2 aromatic carbocycles. The van der Waals surface area contributed by atoms with Crippen molar-refractivity contribution < 1.29 is 0 Å². The summed E-state index contributed by atoms with van der Waals surface area (Å²) in [5.74, 6) is 0. The molecule has 2 N–H and O–H groups in total. The molecule has 3 rings (SSSR count). The number of anilines is 1. The third-order valence-electron chi connectivity index (χ3n) is 2.59. The summed E-state index contributed by atoms with van der Waals surface area (Å²) >= 11 is 11.0. The zero-order valence-corrected chi connectivity index (χ0v) is 12.3. The van der Waals surface area contributed by atoms with Gasteiger partial charge in [-0.05, 0) is 30.3 Å². The first kappa shape index (κ1) is 12.0. The summed E-state index contributed by atoms with van der Waals surface area (Å²) in [6, 6.07) is 11.6. The fraction of sp³-hybridized carbons (Fsp3) is 0. The topological polar surface area (TPSA) is 38.9 Å². The molecule has 0 fully saturated rings. The predicted molar refractivity (Wildman–Crippen MR) is 82.2 cm³/mol. The first-order chi connectivity index (χ1) is 8.63. The summed E-state index contributed by atoms with van der Waals surface area (Å²) in [4.78, 5) is 4.59. The average molecular weight is 340 g/mol. The summed E-state index contributed by atoms with van der Waals surface area (Å²) in [6.07, 6.45) is 0. The molecule has 90 valence electrons. The van der Waals surface area contributed by atoms with Gasteiger partial charge in [-0.15, -0.1) is 11.3 Å². The molecule has 0 spiro atoms. The van der Waals surface area contributed by atoms with Crippen LogP contribution in [-0.4, -0.2) is 4.98 Å². The lowest BCUT2D eigenvalue weighted by Crippen LogP contribution is -1.86. The highest BCUT2D eigenvalue weighted by molar-refractivity contribution is 9.10. The zero-order valence-electron chi connectivity index (χ0n) is 9.15. The minimum Gasteiger partial charge on any atom is -0.398 e. The van der Waals surface area contributed by atoms with Crippen LogP contribution >= 0.6 is 38.9 Å². The van der Waals surface area contributed by atoms with Crippen molar-refractivity contribution >= 4 is 54.8 Å². The van der Waals surface area contributed by atoms with Gasteiger partial charge in [0.15, 0.2) is 0 Å². The lowest BCUT2D eigenvalue weighted by Gasteiger charge is -2.00. The van der Waals surface area contributed by atoms with Crippen LogP contribution in [0.4, 0.5) is 5.69 Å². The average Bonchev–Trinajstić information content (AvgIpc) is 2.75. The second kappa shape index (κ2) is 4.53. The molecule has 0 saturated carbocycles. The molecule has 5 heteroatoms. The predicted octanol–water partition coefficient (Wildman–Crippen LogP) is 4.96. The van der Waals surface area contributed by atoms with E-state index in [1.807, 2.05) is 24.3 Å². The standard InChI is InChI=1S/C13H8BrClN2S/c14-8-2-4-11-12(6-8)18-13(17-11)7-1-3-9(15)10(16)5-7/h1-6H,16H2. The van der Waals surface area contributed by atoms with Gasteiger partial charge in [0.2, 0.25) is 0 Å². The van der Waals surface area contributed by atoms with Crippen molar-refractivity contribution in [3.8, 4) is 10.6 Å². The highest BCUT2D eigenvalue weighted by atomic mass is 79.9. The van der Waals surface area contributed by atoms with Gasteiger partial charge in [-0.1, -0.05) is 33.6 Å². The number of hydrogen-bond acceptors (Lipinski definition) is 3. The number of nitrogens with zero attached hydrogens (tertiary/aromatic N) is 1. The fourth-order valence-electron chi connectivity index (χ4n) is 1.70. The lowest BCUT2D eigenvalue weighted by atomic mass is 10.2. The van der Waals surface area contributed by atoms with E-state index in [9.17, 15) is 0 Å². The van der Waals surface area contributed by atoms with Gasteiger partial charge >= 0.3 is 0 Å². The molecule has 0 aliphatic heterocycles. The van der Waals surface area contributed by atoms with Crippen molar-refractivity contribution in [2.24, 2.45) is 0 Å². The van der Waals surface area contributed by atoms with E-state index in [1.54, 1.807) is 17.4 Å². The van der Waals surface area contributed by atoms with Gasteiger partial charge in [-0.2, -0.15) is 0 Å². The first-order valence-corrected chi connectivity index (χ1v) is 7.24. The van der Waals surface area contributed by atoms with E-state index in [1.165, 1.54) is 0 Å². The van der Waals surface area contributed by atoms with Crippen LogP contribution in [0.1, 0.15) is 0 Å². The van der Waals surface area contributed by atoms with E-state index >= 15 is 0 Å². The molecule has 0 bridgehead atoms. The zero-order chi connectivity index (χ0) is 12.7. The van der Waals surface area contributed by atoms with Crippen LogP contribution in [0.25, 0.3) is 20.8 Å². The Bertz CT molecular complexity index is 739. The number of thiazole rings is 1. The molecule has 18 heavy (non-hydrogen) atoms. The van der Waals surface area contributed by atoms with Gasteiger partial charge in [0.25, 0.3) is 0 Å². The van der Waals surface area contributed by atoms with E-state index < -0.39 is 0 Å². The Kier molecular flexibility index (Phi) is 3.01. The van der Waals surface area contributed by atoms with Gasteiger partial charge in [-0.3, -0.25) is 0 Å². The Balaban J connectivity index is 2.16. The van der Waals surface area contributed by atoms with E-state index in [-0.39, 0.29) is 0 Å². The van der Waals surface area contributed by atoms with Crippen LogP contribution in [-0.2, 0) is 0 Å². The molecule has 0 aliphatic rings. The molecular weight excluding hydrogens is 332 g/mol. The quantitative estimate of drug-likeness (QED) is 0.636. The first-order valence-electron chi connectivity index (χ1n) is 5.25. The van der Waals surface area contributed by atoms with Crippen molar-refractivity contribution in [2.45, 2.75) is 0 Å². The van der Waals surface area contributed by atoms with Crippen LogP contribution in [0.5, 0.6) is 0 Å². The summed E-state index contributed by atoms with van der Waals surface area (Å²) in [5.41, 5.74) is 8.38. The Hall–Kier alpha value is -1.10. The number of hydrogen-bond donors (Lipinski definition) is 1. The summed E-state index contributed by atoms with van der Waals surface area (Å²) in [5, 5.41) is 1.52. The summed E-state index contributed by atoms with van der Waals surface area (Å²) in [6.45, 7) is 0. The molecule has 0 unspecified atom stereocenters. The van der Waals surface area contributed by atoms with Crippen molar-refractivity contribution in [1.82, 2.24) is 4.98 Å². The van der Waals surface area contributed by atoms with E-state index in [0.717, 1.165) is 25.3 Å². The van der Waals surface area contributed by atoms with Crippen LogP contribution in [0, 0.1) is 0 Å². The molecule has 0 radical (unpaired) electrons. The number of benzene rings is 2. The normalized spacial score (nSPS) is 11.0. The molecule has 0 aliphatic carbocycles. The number of nitrogens with two attached hydrogens (primary N) is 1. The van der Waals surface area contributed by atoms with Gasteiger partial charge < -0.3 is 5.73 Å². The number of aromatic nitrogens is 1. The maximum atomic E-state index is 5.92. The van der Waals surface area contributed by atoms with E-state index in [2.05, 4.69) is 27.0 Å². The van der Waals surface area contributed by atoms with Crippen molar-refractivity contribution in [3.05, 3.63) is 45.9 Å². The third kappa shape index (κ3) is 2.11. The smallest absolute Gasteiger partial charge is 0.124 e. The van der Waals surface area contributed by atoms with Gasteiger partial charge in [0, 0.05) is 10.0 Å². The number of halogens is 2. The van der Waals surface area contributed by atoms with Crippen molar-refractivity contribution in [2.75, 3.05) is 5.73 Å². The fourth-order valence-corrected chi connectivity index (χ4v) is 3.33. The minimum absolute atomic E-state index is 0.572. The number of nitrogen functional groups attached to an aromatic ring is 1. The maximum absolute atomic E-state index is 5.92. The largest absolute Gasteiger partial charge is 0.398 e. The van der Waals surface area contributed by atoms with Crippen LogP contribution in [0.2, 0.25) is 5.02 Å². The highest BCUT2D eigenvalue weighted by Gasteiger charge is 2.08. The molecule has 0 atom stereocenters. The van der Waals surface area contributed by atoms with E-state index in [4.69, 9.17) is 17.3 Å². The molecule has 1 heterocycles. The Morgan fingerprint density at radius 2 is 2.00 bits per heavy atom. The molecule has 3 aromatic rings. The van der Waals surface area contributed by atoms with E-state index in [0.29, 0.717) is 10.7 Å². The Morgan fingerprint density at radius 3 is 2.78 bits per heavy atom. The lowest BCUT2D eigenvalue weighted by molar-refractivity contribution is 1.47. The number of rotatable bonds is 1. The van der Waals surface area contributed by atoms with Crippen molar-refractivity contribution in [1.29, 1.82) is 0 Å². The minimum atomic E-state index is 0.572. The van der Waals surface area contributed by atoms with Crippen LogP contribution in [0.3, 0.4) is 0 Å². The Labute approximate surface area is 122 Å². The Morgan fingerprint density at radius 1 is 1.17 bits per heavy atom. The second-order valence-electron chi connectivity index (χ2n) is 3.87. The molecule has 1 aromatic heterocycles. The molecule has 2 nitrogen and oxygen atoms in total. The highest BCUT2D eigenvalue weighted by Crippen LogP contribution is 2.33. The molecule has 0 amide bonds. The van der Waals surface area contributed by atoms with Gasteiger partial charge in [-0.25, -0.2) is 4.98 Å². The monoisotopic (exact) mass is 338 g/mol. The van der Waals surface area contributed by atoms with Crippen LogP contribution < -0.4 is 5.73 Å². The maximum Gasteiger partial charge on any atom is 0.124 e. The summed E-state index contributed by atoms with van der Waals surface area (Å²) in [7, 11) is 0. The molecule has 0 saturated heterocycles. The van der Waals surface area contributed by atoms with Crippen LogP contribution in [0.15, 0.2) is 40.9 Å². The molecular formula is C13H8BrClN2S. The number of fused-ring (bicyclic) bond motifs is 1. The van der Waals surface area contributed by atoms with Crippen molar-refractivity contribution in [3.63, 3.8) is 0 Å². The summed E-state index contributed by atoms with van der Waals surface area (Å²) < 4.78 is 2.20. The SMILES string of the molecule is Nc1cc(-c2nc3ccc(Br)cc3s2)ccc1Cl.